The first-order valence-corrected chi connectivity index (χ1v) is 10.1. The number of anilines is 2. The lowest BCUT2D eigenvalue weighted by Gasteiger charge is -2.14. The second kappa shape index (κ2) is 9.37. The maximum Gasteiger partial charge on any atom is 0.262 e. The molecule has 0 aliphatic carbocycles. The van der Waals surface area contributed by atoms with E-state index in [9.17, 15) is 29.3 Å². The molecule has 5 N–H and O–H groups in total. The lowest BCUT2D eigenvalue weighted by Crippen LogP contribution is -2.20. The third kappa shape index (κ3) is 4.83. The highest BCUT2D eigenvalue weighted by Gasteiger charge is 2.14. The first-order chi connectivity index (χ1) is 16.3. The Morgan fingerprint density at radius 1 is 0.824 bits per heavy atom. The Kier molecular flexibility index (Phi) is 6.18. The van der Waals surface area contributed by atoms with Crippen molar-refractivity contribution in [2.75, 3.05) is 17.2 Å². The summed E-state index contributed by atoms with van der Waals surface area (Å²) in [5.41, 5.74) is 0.728. The van der Waals surface area contributed by atoms with Crippen LogP contribution in [0.4, 0.5) is 15.8 Å². The number of hydrogen-bond acceptors (Lipinski definition) is 6. The first kappa shape index (κ1) is 22.4. The summed E-state index contributed by atoms with van der Waals surface area (Å²) < 4.78 is 19.1. The molecule has 0 heterocycles. The van der Waals surface area contributed by atoms with Crippen LogP contribution in [0.15, 0.2) is 72.8 Å². The number of rotatable bonds is 6. The fourth-order valence-electron chi connectivity index (χ4n) is 3.35. The van der Waals surface area contributed by atoms with Gasteiger partial charge in [0.15, 0.2) is 23.9 Å². The van der Waals surface area contributed by atoms with Gasteiger partial charge in [-0.15, -0.1) is 0 Å². The van der Waals surface area contributed by atoms with Crippen LogP contribution >= 0.6 is 0 Å². The predicted octanol–water partition coefficient (Wildman–Crippen LogP) is 4.37. The molecule has 0 saturated carbocycles. The molecule has 34 heavy (non-hydrogen) atoms. The zero-order chi connectivity index (χ0) is 24.2. The number of nitrogens with one attached hydrogen (secondary N) is 2. The molecule has 0 aliphatic heterocycles. The van der Waals surface area contributed by atoms with Crippen molar-refractivity contribution >= 4 is 34.0 Å². The summed E-state index contributed by atoms with van der Waals surface area (Å²) in [6, 6.07) is 17.8. The molecule has 8 nitrogen and oxygen atoms in total. The van der Waals surface area contributed by atoms with Crippen LogP contribution in [0.1, 0.15) is 10.4 Å². The molecule has 4 aromatic rings. The van der Waals surface area contributed by atoms with Gasteiger partial charge in [-0.1, -0.05) is 30.3 Å². The summed E-state index contributed by atoms with van der Waals surface area (Å²) >= 11 is 0. The van der Waals surface area contributed by atoms with Gasteiger partial charge < -0.3 is 30.7 Å². The highest BCUT2D eigenvalue weighted by Crippen LogP contribution is 2.37. The average Bonchev–Trinajstić information content (AvgIpc) is 2.82. The van der Waals surface area contributed by atoms with Crippen molar-refractivity contribution in [1.29, 1.82) is 0 Å². The summed E-state index contributed by atoms with van der Waals surface area (Å²) in [4.78, 5) is 24.8. The number of fused-ring (bicyclic) bond motifs is 1. The van der Waals surface area contributed by atoms with Crippen molar-refractivity contribution in [2.45, 2.75) is 0 Å². The number of halogens is 1. The molecule has 0 saturated heterocycles. The molecular weight excluding hydrogens is 443 g/mol. The van der Waals surface area contributed by atoms with Gasteiger partial charge in [0, 0.05) is 39.8 Å². The van der Waals surface area contributed by atoms with Gasteiger partial charge in [-0.25, -0.2) is 4.39 Å². The van der Waals surface area contributed by atoms with Crippen LogP contribution in [0.25, 0.3) is 10.8 Å². The van der Waals surface area contributed by atoms with Gasteiger partial charge in [0.2, 0.25) is 0 Å². The Morgan fingerprint density at radius 2 is 1.53 bits per heavy atom. The zero-order valence-electron chi connectivity index (χ0n) is 17.6. The standard InChI is InChI=1S/C25H19FN2O6/c26-15-5-3-4-14(10-15)25(33)28-19-8-9-22(18-7-2-1-6-17(18)19)34-13-23(31)27-16-11-20(29)24(32)21(30)12-16/h1-12,29-30,32H,13H2,(H,27,31)(H,28,33). The van der Waals surface area contributed by atoms with Crippen molar-refractivity contribution in [3.8, 4) is 23.0 Å². The fourth-order valence-corrected chi connectivity index (χ4v) is 3.35. The van der Waals surface area contributed by atoms with Crippen molar-refractivity contribution in [2.24, 2.45) is 0 Å². The molecule has 0 aromatic heterocycles. The third-order valence-corrected chi connectivity index (χ3v) is 4.93. The van der Waals surface area contributed by atoms with Gasteiger partial charge in [0.05, 0.1) is 0 Å². The number of phenols is 3. The van der Waals surface area contributed by atoms with Gasteiger partial charge in [0.25, 0.3) is 11.8 Å². The molecule has 4 aromatic carbocycles. The van der Waals surface area contributed by atoms with Gasteiger partial charge >= 0.3 is 0 Å². The van der Waals surface area contributed by atoms with Crippen molar-refractivity contribution in [3.63, 3.8) is 0 Å². The molecule has 0 atom stereocenters. The lowest BCUT2D eigenvalue weighted by molar-refractivity contribution is -0.118. The molecule has 0 unspecified atom stereocenters. The van der Waals surface area contributed by atoms with Crippen LogP contribution in [-0.4, -0.2) is 33.7 Å². The van der Waals surface area contributed by atoms with E-state index in [2.05, 4.69) is 10.6 Å². The normalized spacial score (nSPS) is 10.6. The maximum atomic E-state index is 13.5. The highest BCUT2D eigenvalue weighted by molar-refractivity contribution is 6.10. The van der Waals surface area contributed by atoms with Crippen molar-refractivity contribution < 1.29 is 34.0 Å². The molecule has 0 aliphatic rings. The fraction of sp³-hybridized carbons (Fsp3) is 0.0400. The van der Waals surface area contributed by atoms with E-state index in [-0.39, 0.29) is 17.9 Å². The molecule has 2 amide bonds. The van der Waals surface area contributed by atoms with Crippen LogP contribution in [0.3, 0.4) is 0 Å². The maximum absolute atomic E-state index is 13.5. The van der Waals surface area contributed by atoms with Crippen molar-refractivity contribution in [3.05, 3.63) is 84.2 Å². The molecule has 4 rings (SSSR count). The number of aromatic hydroxyl groups is 3. The van der Waals surface area contributed by atoms with E-state index in [0.29, 0.717) is 22.2 Å². The predicted molar refractivity (Wildman–Crippen MR) is 124 cm³/mol. The van der Waals surface area contributed by atoms with E-state index in [1.165, 1.54) is 18.2 Å². The van der Waals surface area contributed by atoms with Gasteiger partial charge in [-0.05, 0) is 30.3 Å². The van der Waals surface area contributed by atoms with Crippen LogP contribution in [0, 0.1) is 5.82 Å². The zero-order valence-corrected chi connectivity index (χ0v) is 17.6. The minimum Gasteiger partial charge on any atom is -0.504 e. The number of ether oxygens (including phenoxy) is 1. The van der Waals surface area contributed by atoms with E-state index in [0.717, 1.165) is 18.2 Å². The average molecular weight is 462 g/mol. The number of benzene rings is 4. The number of amides is 2. The number of carbonyl (C=O) groups is 2. The largest absolute Gasteiger partial charge is 0.504 e. The van der Waals surface area contributed by atoms with Crippen molar-refractivity contribution in [1.82, 2.24) is 0 Å². The SMILES string of the molecule is O=C(COc1ccc(NC(=O)c2cccc(F)c2)c2ccccc12)Nc1cc(O)c(O)c(O)c1. The van der Waals surface area contributed by atoms with Crippen LogP contribution in [0.5, 0.6) is 23.0 Å². The molecule has 0 spiro atoms. The molecule has 172 valence electrons. The molecular formula is C25H19FN2O6. The smallest absolute Gasteiger partial charge is 0.262 e. The molecule has 0 radical (unpaired) electrons. The van der Waals surface area contributed by atoms with E-state index in [1.54, 1.807) is 36.4 Å². The van der Waals surface area contributed by atoms with Gasteiger partial charge in [0.1, 0.15) is 11.6 Å². The van der Waals surface area contributed by atoms with E-state index in [1.807, 2.05) is 0 Å². The molecule has 9 heteroatoms. The summed E-state index contributed by atoms with van der Waals surface area (Å²) in [6.07, 6.45) is 0. The second-order valence-corrected chi connectivity index (χ2v) is 7.32. The highest BCUT2D eigenvalue weighted by atomic mass is 19.1. The lowest BCUT2D eigenvalue weighted by atomic mass is 10.1. The molecule has 0 fully saturated rings. The summed E-state index contributed by atoms with van der Waals surface area (Å²) in [7, 11) is 0. The summed E-state index contributed by atoms with van der Waals surface area (Å²) in [5, 5.41) is 35.0. The third-order valence-electron chi connectivity index (χ3n) is 4.93. The van der Waals surface area contributed by atoms with E-state index < -0.39 is 34.9 Å². The van der Waals surface area contributed by atoms with Crippen LogP contribution in [0.2, 0.25) is 0 Å². The Balaban J connectivity index is 1.50. The van der Waals surface area contributed by atoms with Crippen LogP contribution in [-0.2, 0) is 4.79 Å². The molecule has 0 bridgehead atoms. The number of carbonyl (C=O) groups excluding carboxylic acids is 2. The van der Waals surface area contributed by atoms with Crippen LogP contribution < -0.4 is 15.4 Å². The number of hydrogen-bond donors (Lipinski definition) is 5. The monoisotopic (exact) mass is 462 g/mol. The minimum absolute atomic E-state index is 0.0710. The Bertz CT molecular complexity index is 1380. The Labute approximate surface area is 192 Å². The van der Waals surface area contributed by atoms with Gasteiger partial charge in [-0.2, -0.15) is 0 Å². The second-order valence-electron chi connectivity index (χ2n) is 7.32. The van der Waals surface area contributed by atoms with Gasteiger partial charge in [-0.3, -0.25) is 9.59 Å². The first-order valence-electron chi connectivity index (χ1n) is 10.1. The Morgan fingerprint density at radius 3 is 2.24 bits per heavy atom. The van der Waals surface area contributed by atoms with E-state index in [4.69, 9.17) is 4.74 Å². The number of phenolic OH excluding ortho intramolecular Hbond substituents is 3. The minimum atomic E-state index is -0.690. The summed E-state index contributed by atoms with van der Waals surface area (Å²) in [6.45, 7) is -0.388. The van der Waals surface area contributed by atoms with E-state index >= 15 is 0 Å². The Hall–Kier alpha value is -4.79. The summed E-state index contributed by atoms with van der Waals surface area (Å²) in [5.74, 6) is -3.04. The quantitative estimate of drug-likeness (QED) is 0.214. The topological polar surface area (TPSA) is 128 Å².